The van der Waals surface area contributed by atoms with Crippen molar-refractivity contribution in [2.75, 3.05) is 7.05 Å². The van der Waals surface area contributed by atoms with Crippen molar-refractivity contribution in [1.82, 2.24) is 9.62 Å². The van der Waals surface area contributed by atoms with Gasteiger partial charge in [-0.15, -0.1) is 0 Å². The van der Waals surface area contributed by atoms with Crippen molar-refractivity contribution in [2.45, 2.75) is 44.2 Å². The van der Waals surface area contributed by atoms with Gasteiger partial charge in [-0.3, -0.25) is 4.79 Å². The predicted molar refractivity (Wildman–Crippen MR) is 101 cm³/mol. The van der Waals surface area contributed by atoms with Crippen LogP contribution in [0, 0.1) is 0 Å². The van der Waals surface area contributed by atoms with Gasteiger partial charge < -0.3 is 5.32 Å². The Hall–Kier alpha value is -1.70. The SMILES string of the molecule is CC(Cc1ccsc1)NC(=O)c1ccc(S(=O)(=O)N(C)C(C)C)cc1. The largest absolute Gasteiger partial charge is 0.349 e. The molecule has 1 N–H and O–H groups in total. The molecule has 136 valence electrons. The van der Waals surface area contributed by atoms with Crippen molar-refractivity contribution in [2.24, 2.45) is 0 Å². The molecule has 0 saturated heterocycles. The highest BCUT2D eigenvalue weighted by Crippen LogP contribution is 2.17. The van der Waals surface area contributed by atoms with Crippen LogP contribution in [0.1, 0.15) is 36.7 Å². The molecule has 0 spiro atoms. The normalized spacial score (nSPS) is 13.2. The predicted octanol–water partition coefficient (Wildman–Crippen LogP) is 3.14. The highest BCUT2D eigenvalue weighted by molar-refractivity contribution is 7.89. The number of sulfonamides is 1. The quantitative estimate of drug-likeness (QED) is 0.802. The molecule has 1 amide bonds. The number of nitrogens with zero attached hydrogens (tertiary/aromatic N) is 1. The second kappa shape index (κ2) is 8.12. The summed E-state index contributed by atoms with van der Waals surface area (Å²) >= 11 is 1.63. The molecule has 25 heavy (non-hydrogen) atoms. The molecule has 0 bridgehead atoms. The van der Waals surface area contributed by atoms with Crippen LogP contribution in [0.5, 0.6) is 0 Å². The van der Waals surface area contributed by atoms with Gasteiger partial charge in [-0.05, 0) is 73.8 Å². The third kappa shape index (κ3) is 4.90. The Bertz CT molecular complexity index is 797. The minimum atomic E-state index is -3.54. The number of carbonyl (C=O) groups is 1. The molecule has 0 aliphatic heterocycles. The number of hydrogen-bond acceptors (Lipinski definition) is 4. The van der Waals surface area contributed by atoms with Gasteiger partial charge in [-0.25, -0.2) is 8.42 Å². The van der Waals surface area contributed by atoms with E-state index in [9.17, 15) is 13.2 Å². The average Bonchev–Trinajstić information content (AvgIpc) is 3.06. The maximum absolute atomic E-state index is 12.4. The Labute approximate surface area is 153 Å². The fourth-order valence-corrected chi connectivity index (χ4v) is 4.39. The Morgan fingerprint density at radius 3 is 2.32 bits per heavy atom. The van der Waals surface area contributed by atoms with Gasteiger partial charge in [0.1, 0.15) is 0 Å². The number of carbonyl (C=O) groups excluding carboxylic acids is 1. The van der Waals surface area contributed by atoms with Gasteiger partial charge >= 0.3 is 0 Å². The van der Waals surface area contributed by atoms with Crippen molar-refractivity contribution in [3.63, 3.8) is 0 Å². The molecule has 1 aromatic heterocycles. The van der Waals surface area contributed by atoms with Crippen LogP contribution in [-0.2, 0) is 16.4 Å². The van der Waals surface area contributed by atoms with E-state index in [1.54, 1.807) is 30.5 Å². The monoisotopic (exact) mass is 380 g/mol. The minimum absolute atomic E-state index is 0.00224. The lowest BCUT2D eigenvalue weighted by atomic mass is 10.1. The highest BCUT2D eigenvalue weighted by atomic mass is 32.2. The topological polar surface area (TPSA) is 66.5 Å². The summed E-state index contributed by atoms with van der Waals surface area (Å²) in [5.74, 6) is -0.205. The summed E-state index contributed by atoms with van der Waals surface area (Å²) in [5.41, 5.74) is 1.64. The Morgan fingerprint density at radius 1 is 1.16 bits per heavy atom. The highest BCUT2D eigenvalue weighted by Gasteiger charge is 2.23. The molecule has 0 radical (unpaired) electrons. The van der Waals surface area contributed by atoms with Crippen LogP contribution in [0.3, 0.4) is 0 Å². The van der Waals surface area contributed by atoms with Crippen LogP contribution in [0.4, 0.5) is 0 Å². The zero-order valence-corrected chi connectivity index (χ0v) is 16.5. The Kier molecular flexibility index (Phi) is 6.37. The van der Waals surface area contributed by atoms with Gasteiger partial charge in [-0.1, -0.05) is 0 Å². The zero-order valence-electron chi connectivity index (χ0n) is 14.9. The summed E-state index contributed by atoms with van der Waals surface area (Å²) in [4.78, 5) is 12.5. The van der Waals surface area contributed by atoms with Crippen LogP contribution >= 0.6 is 11.3 Å². The van der Waals surface area contributed by atoms with Crippen molar-refractivity contribution >= 4 is 27.3 Å². The molecule has 0 fully saturated rings. The maximum Gasteiger partial charge on any atom is 0.251 e. The van der Waals surface area contributed by atoms with Gasteiger partial charge in [0.15, 0.2) is 0 Å². The van der Waals surface area contributed by atoms with E-state index in [4.69, 9.17) is 0 Å². The smallest absolute Gasteiger partial charge is 0.251 e. The first kappa shape index (κ1) is 19.6. The molecule has 5 nitrogen and oxygen atoms in total. The van der Waals surface area contributed by atoms with Crippen molar-refractivity contribution in [1.29, 1.82) is 0 Å². The summed E-state index contributed by atoms with van der Waals surface area (Å²) in [5, 5.41) is 7.01. The number of nitrogens with one attached hydrogen (secondary N) is 1. The first-order valence-corrected chi connectivity index (χ1v) is 10.5. The van der Waals surface area contributed by atoms with E-state index >= 15 is 0 Å². The molecule has 0 aliphatic rings. The molecule has 0 saturated carbocycles. The summed E-state index contributed by atoms with van der Waals surface area (Å²) in [6.07, 6.45) is 0.765. The van der Waals surface area contributed by atoms with Crippen LogP contribution in [0.15, 0.2) is 46.0 Å². The van der Waals surface area contributed by atoms with Crippen molar-refractivity contribution in [3.8, 4) is 0 Å². The van der Waals surface area contributed by atoms with E-state index in [1.165, 1.54) is 22.0 Å². The van der Waals surface area contributed by atoms with Gasteiger partial charge in [-0.2, -0.15) is 15.6 Å². The van der Waals surface area contributed by atoms with Crippen molar-refractivity contribution < 1.29 is 13.2 Å². The van der Waals surface area contributed by atoms with E-state index in [0.717, 1.165) is 6.42 Å². The summed E-state index contributed by atoms with van der Waals surface area (Å²) in [7, 11) is -1.99. The average molecular weight is 381 g/mol. The molecule has 1 aromatic carbocycles. The second-order valence-corrected chi connectivity index (χ2v) is 9.13. The third-order valence-corrected chi connectivity index (χ3v) is 6.80. The fourth-order valence-electron chi connectivity index (χ4n) is 2.34. The van der Waals surface area contributed by atoms with E-state index in [0.29, 0.717) is 5.56 Å². The summed E-state index contributed by atoms with van der Waals surface area (Å²) in [6, 6.07) is 7.96. The lowest BCUT2D eigenvalue weighted by Crippen LogP contribution is -2.34. The standard InChI is InChI=1S/C18H24N2O3S2/c1-13(2)20(4)25(22,23)17-7-5-16(6-8-17)18(21)19-14(3)11-15-9-10-24-12-15/h5-10,12-14H,11H2,1-4H3,(H,19,21). The molecule has 1 heterocycles. The van der Waals surface area contributed by atoms with Gasteiger partial charge in [0, 0.05) is 24.7 Å². The molecule has 1 atom stereocenters. The number of hydrogen-bond donors (Lipinski definition) is 1. The lowest BCUT2D eigenvalue weighted by Gasteiger charge is -2.21. The Morgan fingerprint density at radius 2 is 1.80 bits per heavy atom. The lowest BCUT2D eigenvalue weighted by molar-refractivity contribution is 0.0940. The molecule has 2 aromatic rings. The summed E-state index contributed by atoms with van der Waals surface area (Å²) in [6.45, 7) is 5.58. The Balaban J connectivity index is 2.05. The van der Waals surface area contributed by atoms with Crippen LogP contribution in [0.2, 0.25) is 0 Å². The summed E-state index contributed by atoms with van der Waals surface area (Å²) < 4.78 is 26.2. The fraction of sp³-hybridized carbons (Fsp3) is 0.389. The molecular weight excluding hydrogens is 356 g/mol. The van der Waals surface area contributed by atoms with E-state index in [-0.39, 0.29) is 22.9 Å². The van der Waals surface area contributed by atoms with Crippen molar-refractivity contribution in [3.05, 3.63) is 52.2 Å². The van der Waals surface area contributed by atoms with E-state index in [1.807, 2.05) is 32.2 Å². The third-order valence-electron chi connectivity index (χ3n) is 4.02. The molecular formula is C18H24N2O3S2. The number of rotatable bonds is 7. The molecule has 2 rings (SSSR count). The number of benzene rings is 1. The van der Waals surface area contributed by atoms with E-state index < -0.39 is 10.0 Å². The number of amides is 1. The van der Waals surface area contributed by atoms with Gasteiger partial charge in [0.05, 0.1) is 4.90 Å². The van der Waals surface area contributed by atoms with Gasteiger partial charge in [0.25, 0.3) is 5.91 Å². The van der Waals surface area contributed by atoms with E-state index in [2.05, 4.69) is 10.7 Å². The van der Waals surface area contributed by atoms with Crippen LogP contribution in [-0.4, -0.2) is 37.8 Å². The van der Waals surface area contributed by atoms with Gasteiger partial charge in [0.2, 0.25) is 10.0 Å². The number of thiophene rings is 1. The first-order chi connectivity index (χ1) is 11.7. The first-order valence-electron chi connectivity index (χ1n) is 8.12. The zero-order chi connectivity index (χ0) is 18.6. The molecule has 0 aliphatic carbocycles. The minimum Gasteiger partial charge on any atom is -0.349 e. The molecule has 7 heteroatoms. The molecule has 1 unspecified atom stereocenters. The van der Waals surface area contributed by atoms with Crippen LogP contribution in [0.25, 0.3) is 0 Å². The maximum atomic E-state index is 12.4. The van der Waals surface area contributed by atoms with Crippen LogP contribution < -0.4 is 5.32 Å². The second-order valence-electron chi connectivity index (χ2n) is 6.35.